The second-order valence-corrected chi connectivity index (χ2v) is 5.59. The van der Waals surface area contributed by atoms with Gasteiger partial charge in [-0.1, -0.05) is 19.1 Å². The van der Waals surface area contributed by atoms with E-state index in [9.17, 15) is 14.4 Å². The van der Waals surface area contributed by atoms with E-state index >= 15 is 0 Å². The van der Waals surface area contributed by atoms with E-state index in [4.69, 9.17) is 4.74 Å². The fraction of sp³-hybridized carbons (Fsp3) is 0.500. The smallest absolute Gasteiger partial charge is 0.413 e. The molecule has 0 saturated heterocycles. The molecule has 2 N–H and O–H groups in total. The zero-order chi connectivity index (χ0) is 19.4. The van der Waals surface area contributed by atoms with Gasteiger partial charge in [0.15, 0.2) is 0 Å². The summed E-state index contributed by atoms with van der Waals surface area (Å²) in [6, 6.07) is 7.66. The van der Waals surface area contributed by atoms with Gasteiger partial charge in [-0.25, -0.2) is 4.79 Å². The SMILES string of the molecule is CCOC(=O)NC(=O)CN(CC)CC(=O)NCCOc1cccc(C)c1. The highest BCUT2D eigenvalue weighted by atomic mass is 16.5. The van der Waals surface area contributed by atoms with Gasteiger partial charge in [0.2, 0.25) is 11.8 Å². The van der Waals surface area contributed by atoms with Crippen molar-refractivity contribution in [3.63, 3.8) is 0 Å². The minimum absolute atomic E-state index is 0.0528. The van der Waals surface area contributed by atoms with Crippen LogP contribution in [-0.2, 0) is 14.3 Å². The molecule has 1 aromatic rings. The molecule has 8 heteroatoms. The van der Waals surface area contributed by atoms with Crippen LogP contribution in [-0.4, -0.2) is 62.2 Å². The van der Waals surface area contributed by atoms with Gasteiger partial charge in [-0.2, -0.15) is 0 Å². The van der Waals surface area contributed by atoms with E-state index in [-0.39, 0.29) is 25.6 Å². The number of nitrogens with one attached hydrogen (secondary N) is 2. The quantitative estimate of drug-likeness (QED) is 0.603. The summed E-state index contributed by atoms with van der Waals surface area (Å²) in [6.07, 6.45) is -0.786. The second kappa shape index (κ2) is 11.9. The number of nitrogens with zero attached hydrogens (tertiary/aromatic N) is 1. The first-order valence-electron chi connectivity index (χ1n) is 8.59. The highest BCUT2D eigenvalue weighted by Crippen LogP contribution is 2.11. The average molecular weight is 365 g/mol. The summed E-state index contributed by atoms with van der Waals surface area (Å²) in [6.45, 7) is 6.82. The minimum Gasteiger partial charge on any atom is -0.492 e. The number of ether oxygens (including phenoxy) is 2. The van der Waals surface area contributed by atoms with Crippen LogP contribution in [0.5, 0.6) is 5.75 Å². The second-order valence-electron chi connectivity index (χ2n) is 5.59. The van der Waals surface area contributed by atoms with Gasteiger partial charge >= 0.3 is 6.09 Å². The predicted molar refractivity (Wildman–Crippen MR) is 97.0 cm³/mol. The number of rotatable bonds is 10. The van der Waals surface area contributed by atoms with E-state index in [1.165, 1.54) is 0 Å². The molecule has 0 bridgehead atoms. The first-order chi connectivity index (χ1) is 12.4. The summed E-state index contributed by atoms with van der Waals surface area (Å²) >= 11 is 0. The molecule has 0 aliphatic rings. The lowest BCUT2D eigenvalue weighted by Crippen LogP contribution is -2.44. The van der Waals surface area contributed by atoms with Crippen molar-refractivity contribution in [1.29, 1.82) is 0 Å². The lowest BCUT2D eigenvalue weighted by atomic mass is 10.2. The third kappa shape index (κ3) is 9.03. The van der Waals surface area contributed by atoms with Crippen molar-refractivity contribution in [1.82, 2.24) is 15.5 Å². The lowest BCUT2D eigenvalue weighted by Gasteiger charge is -2.19. The van der Waals surface area contributed by atoms with Crippen molar-refractivity contribution in [2.24, 2.45) is 0 Å². The van der Waals surface area contributed by atoms with Gasteiger partial charge in [-0.3, -0.25) is 19.8 Å². The van der Waals surface area contributed by atoms with Crippen molar-refractivity contribution in [2.45, 2.75) is 20.8 Å². The van der Waals surface area contributed by atoms with Crippen LogP contribution in [0.2, 0.25) is 0 Å². The van der Waals surface area contributed by atoms with Gasteiger partial charge in [0, 0.05) is 0 Å². The fourth-order valence-corrected chi connectivity index (χ4v) is 2.13. The zero-order valence-corrected chi connectivity index (χ0v) is 15.5. The molecule has 144 valence electrons. The zero-order valence-electron chi connectivity index (χ0n) is 15.5. The number of benzene rings is 1. The molecule has 0 heterocycles. The summed E-state index contributed by atoms with van der Waals surface area (Å²) in [4.78, 5) is 36.5. The summed E-state index contributed by atoms with van der Waals surface area (Å²) in [5.74, 6) is 0.0228. The Morgan fingerprint density at radius 1 is 1.12 bits per heavy atom. The first-order valence-corrected chi connectivity index (χ1v) is 8.59. The summed E-state index contributed by atoms with van der Waals surface area (Å²) in [7, 11) is 0. The Morgan fingerprint density at radius 3 is 2.50 bits per heavy atom. The molecule has 0 radical (unpaired) electrons. The maximum absolute atomic E-state index is 12.0. The molecule has 0 spiro atoms. The Hall–Kier alpha value is -2.61. The van der Waals surface area contributed by atoms with Crippen LogP contribution in [0, 0.1) is 6.92 Å². The molecule has 0 aliphatic heterocycles. The molecule has 0 aliphatic carbocycles. The topological polar surface area (TPSA) is 97.0 Å². The molecular formula is C18H27N3O5. The summed E-state index contributed by atoms with van der Waals surface area (Å²) < 4.78 is 10.2. The van der Waals surface area contributed by atoms with E-state index in [0.29, 0.717) is 19.7 Å². The lowest BCUT2D eigenvalue weighted by molar-refractivity contribution is -0.124. The molecule has 0 atom stereocenters. The van der Waals surface area contributed by atoms with Crippen LogP contribution in [0.4, 0.5) is 4.79 Å². The fourth-order valence-electron chi connectivity index (χ4n) is 2.13. The normalized spacial score (nSPS) is 10.3. The van der Waals surface area contributed by atoms with Crippen molar-refractivity contribution in [3.05, 3.63) is 29.8 Å². The molecule has 1 rings (SSSR count). The van der Waals surface area contributed by atoms with E-state index in [1.807, 2.05) is 38.1 Å². The highest BCUT2D eigenvalue weighted by Gasteiger charge is 2.15. The molecule has 0 unspecified atom stereocenters. The van der Waals surface area contributed by atoms with E-state index in [2.05, 4.69) is 15.4 Å². The number of carbonyl (C=O) groups excluding carboxylic acids is 3. The van der Waals surface area contributed by atoms with Gasteiger partial charge in [-0.15, -0.1) is 0 Å². The number of hydrogen-bond acceptors (Lipinski definition) is 6. The predicted octanol–water partition coefficient (Wildman–Crippen LogP) is 1.08. The number of likely N-dealkylation sites (N-methyl/N-ethyl adjacent to an activating group) is 1. The molecule has 1 aromatic carbocycles. The Kier molecular flexibility index (Phi) is 9.78. The van der Waals surface area contributed by atoms with Gasteiger partial charge in [0.25, 0.3) is 0 Å². The van der Waals surface area contributed by atoms with E-state index in [1.54, 1.807) is 11.8 Å². The molecule has 0 fully saturated rings. The number of carbonyl (C=O) groups is 3. The van der Waals surface area contributed by atoms with Crippen molar-refractivity contribution < 1.29 is 23.9 Å². The maximum atomic E-state index is 12.0. The third-order valence-electron chi connectivity index (χ3n) is 3.38. The molecule has 0 saturated carbocycles. The third-order valence-corrected chi connectivity index (χ3v) is 3.38. The average Bonchev–Trinajstić information content (AvgIpc) is 2.58. The van der Waals surface area contributed by atoms with Gasteiger partial charge in [0.1, 0.15) is 12.4 Å². The van der Waals surface area contributed by atoms with Crippen molar-refractivity contribution in [2.75, 3.05) is 39.4 Å². The van der Waals surface area contributed by atoms with E-state index in [0.717, 1.165) is 11.3 Å². The van der Waals surface area contributed by atoms with Gasteiger partial charge in [-0.05, 0) is 38.1 Å². The first kappa shape index (κ1) is 21.4. The molecule has 8 nitrogen and oxygen atoms in total. The molecule has 0 aromatic heterocycles. The maximum Gasteiger partial charge on any atom is 0.413 e. The van der Waals surface area contributed by atoms with Crippen LogP contribution >= 0.6 is 0 Å². The number of aryl methyl sites for hydroxylation is 1. The number of amides is 3. The monoisotopic (exact) mass is 365 g/mol. The van der Waals surface area contributed by atoms with Crippen molar-refractivity contribution in [3.8, 4) is 5.75 Å². The minimum atomic E-state index is -0.786. The molecular weight excluding hydrogens is 338 g/mol. The van der Waals surface area contributed by atoms with Gasteiger partial charge in [0.05, 0.1) is 26.2 Å². The van der Waals surface area contributed by atoms with Crippen LogP contribution < -0.4 is 15.4 Å². The standard InChI is InChI=1S/C18H27N3O5/c1-4-21(13-17(23)20-18(24)25-5-2)12-16(22)19-9-10-26-15-8-6-7-14(3)11-15/h6-8,11H,4-5,9-10,12-13H2,1-3H3,(H,19,22)(H,20,23,24). The summed E-state index contributed by atoms with van der Waals surface area (Å²) in [5, 5.41) is 4.84. The van der Waals surface area contributed by atoms with Crippen LogP contribution in [0.15, 0.2) is 24.3 Å². The largest absolute Gasteiger partial charge is 0.492 e. The van der Waals surface area contributed by atoms with Crippen molar-refractivity contribution >= 4 is 17.9 Å². The van der Waals surface area contributed by atoms with E-state index < -0.39 is 12.0 Å². The van der Waals surface area contributed by atoms with Crippen LogP contribution in [0.3, 0.4) is 0 Å². The Bertz CT molecular complexity index is 606. The number of imide groups is 1. The Balaban J connectivity index is 2.26. The van der Waals surface area contributed by atoms with Crippen LogP contribution in [0.1, 0.15) is 19.4 Å². The van der Waals surface area contributed by atoms with Gasteiger partial charge < -0.3 is 14.8 Å². The number of alkyl carbamates (subject to hydrolysis) is 1. The number of hydrogen-bond donors (Lipinski definition) is 2. The molecule has 26 heavy (non-hydrogen) atoms. The van der Waals surface area contributed by atoms with Crippen LogP contribution in [0.25, 0.3) is 0 Å². The molecule has 3 amide bonds. The highest BCUT2D eigenvalue weighted by molar-refractivity contribution is 5.93. The summed E-state index contributed by atoms with van der Waals surface area (Å²) in [5.41, 5.74) is 1.10. The Morgan fingerprint density at radius 2 is 1.85 bits per heavy atom. The Labute approximate surface area is 153 Å².